The Kier molecular flexibility index (Phi) is 6.51. The molecule has 0 aromatic heterocycles. The molecular weight excluding hydrogens is 468 g/mol. The number of hydrogen-bond acceptors (Lipinski definition) is 6. The number of fused-ring (bicyclic) bond motifs is 2. The Hall–Kier alpha value is -5.36. The van der Waals surface area contributed by atoms with Crippen molar-refractivity contribution in [1.29, 1.82) is 0 Å². The molecule has 0 aliphatic rings. The Labute approximate surface area is 219 Å². The fraction of sp³-hybridized carbons (Fsp3) is 0. The summed E-state index contributed by atoms with van der Waals surface area (Å²) in [5, 5.41) is 30.7. The molecule has 180 valence electrons. The first kappa shape index (κ1) is 23.1. The Morgan fingerprint density at radius 1 is 0.289 bits per heavy atom. The van der Waals surface area contributed by atoms with Crippen LogP contribution in [0.1, 0.15) is 0 Å². The second kappa shape index (κ2) is 10.7. The van der Waals surface area contributed by atoms with Crippen LogP contribution in [0.2, 0.25) is 0 Å². The lowest BCUT2D eigenvalue weighted by atomic mass is 10.1. The fourth-order valence-corrected chi connectivity index (χ4v) is 4.05. The zero-order valence-electron chi connectivity index (χ0n) is 20.4. The van der Waals surface area contributed by atoms with Gasteiger partial charge in [-0.3, -0.25) is 0 Å². The van der Waals surface area contributed by atoms with Crippen LogP contribution >= 0.6 is 0 Å². The number of rotatable bonds is 6. The van der Waals surface area contributed by atoms with E-state index in [1.807, 2.05) is 109 Å². The van der Waals surface area contributed by atoms with Crippen LogP contribution in [0.5, 0.6) is 0 Å². The standard InChI is InChI=1S/C32H22N6/c1-2-8-25-22-30(13-12-23(25)6-1)37-35-28-16-14-26(15-17-28)33-34-27-18-20-29(21-19-27)36-38-32-11-5-9-24-7-3-4-10-31(24)32/h1-22H/b34-33+,37-35+,38-36+. The van der Waals surface area contributed by atoms with Crippen molar-refractivity contribution >= 4 is 55.7 Å². The Bertz CT molecular complexity index is 1800. The minimum absolute atomic E-state index is 0.731. The molecule has 6 aromatic carbocycles. The third-order valence-electron chi connectivity index (χ3n) is 6.03. The number of hydrogen-bond donors (Lipinski definition) is 0. The Morgan fingerprint density at radius 3 is 1.37 bits per heavy atom. The molecule has 0 heterocycles. The third-order valence-corrected chi connectivity index (χ3v) is 6.03. The highest BCUT2D eigenvalue weighted by molar-refractivity contribution is 5.92. The first-order valence-corrected chi connectivity index (χ1v) is 12.2. The molecule has 38 heavy (non-hydrogen) atoms. The van der Waals surface area contributed by atoms with Crippen molar-refractivity contribution in [1.82, 2.24) is 0 Å². The van der Waals surface area contributed by atoms with E-state index in [0.29, 0.717) is 0 Å². The highest BCUT2D eigenvalue weighted by Gasteiger charge is 2.00. The number of nitrogens with zero attached hydrogens (tertiary/aromatic N) is 6. The van der Waals surface area contributed by atoms with E-state index in [0.717, 1.165) is 50.3 Å². The average Bonchev–Trinajstić information content (AvgIpc) is 2.99. The van der Waals surface area contributed by atoms with Crippen LogP contribution in [0.4, 0.5) is 34.1 Å². The van der Waals surface area contributed by atoms with E-state index in [4.69, 9.17) is 0 Å². The molecule has 0 atom stereocenters. The molecular formula is C32H22N6. The first-order valence-electron chi connectivity index (χ1n) is 12.2. The number of azo groups is 3. The molecule has 0 N–H and O–H groups in total. The summed E-state index contributed by atoms with van der Waals surface area (Å²) in [5.41, 5.74) is 4.61. The van der Waals surface area contributed by atoms with E-state index in [1.165, 1.54) is 5.39 Å². The minimum Gasteiger partial charge on any atom is -0.151 e. The second-order valence-corrected chi connectivity index (χ2v) is 8.66. The van der Waals surface area contributed by atoms with Gasteiger partial charge in [-0.05, 0) is 82.9 Å². The molecule has 0 amide bonds. The van der Waals surface area contributed by atoms with E-state index in [-0.39, 0.29) is 0 Å². The van der Waals surface area contributed by atoms with Crippen molar-refractivity contribution in [2.24, 2.45) is 30.7 Å². The molecule has 6 rings (SSSR count). The monoisotopic (exact) mass is 490 g/mol. The highest BCUT2D eigenvalue weighted by Crippen LogP contribution is 2.29. The van der Waals surface area contributed by atoms with Crippen molar-refractivity contribution in [2.45, 2.75) is 0 Å². The predicted molar refractivity (Wildman–Crippen MR) is 153 cm³/mol. The summed E-state index contributed by atoms with van der Waals surface area (Å²) in [4.78, 5) is 0. The summed E-state index contributed by atoms with van der Waals surface area (Å²) in [6.45, 7) is 0. The highest BCUT2D eigenvalue weighted by atomic mass is 15.1. The van der Waals surface area contributed by atoms with Crippen LogP contribution in [0, 0.1) is 0 Å². The summed E-state index contributed by atoms with van der Waals surface area (Å²) < 4.78 is 0. The van der Waals surface area contributed by atoms with Gasteiger partial charge in [-0.2, -0.15) is 25.6 Å². The van der Waals surface area contributed by atoms with Crippen LogP contribution in [0.25, 0.3) is 21.5 Å². The maximum Gasteiger partial charge on any atom is 0.0935 e. The summed E-state index contributed by atoms with van der Waals surface area (Å²) in [5.74, 6) is 0. The second-order valence-electron chi connectivity index (χ2n) is 8.66. The lowest BCUT2D eigenvalue weighted by Gasteiger charge is -2.00. The van der Waals surface area contributed by atoms with Gasteiger partial charge in [0.25, 0.3) is 0 Å². The normalized spacial score (nSPS) is 11.9. The van der Waals surface area contributed by atoms with Gasteiger partial charge in [0.15, 0.2) is 0 Å². The van der Waals surface area contributed by atoms with Crippen molar-refractivity contribution in [3.8, 4) is 0 Å². The quantitative estimate of drug-likeness (QED) is 0.208. The number of benzene rings is 6. The summed E-state index contributed by atoms with van der Waals surface area (Å²) in [6, 6.07) is 43.3. The molecule has 0 saturated carbocycles. The largest absolute Gasteiger partial charge is 0.151 e. The van der Waals surface area contributed by atoms with Gasteiger partial charge in [0, 0.05) is 5.39 Å². The summed E-state index contributed by atoms with van der Waals surface area (Å²) >= 11 is 0. The van der Waals surface area contributed by atoms with Crippen LogP contribution in [0.3, 0.4) is 0 Å². The van der Waals surface area contributed by atoms with E-state index < -0.39 is 0 Å². The molecule has 0 fully saturated rings. The van der Waals surface area contributed by atoms with Crippen LogP contribution in [0.15, 0.2) is 164 Å². The topological polar surface area (TPSA) is 74.2 Å². The van der Waals surface area contributed by atoms with Crippen LogP contribution in [-0.2, 0) is 0 Å². The summed E-state index contributed by atoms with van der Waals surface area (Å²) in [6.07, 6.45) is 0. The van der Waals surface area contributed by atoms with Crippen LogP contribution in [-0.4, -0.2) is 0 Å². The smallest absolute Gasteiger partial charge is 0.0935 e. The van der Waals surface area contributed by atoms with Gasteiger partial charge in [-0.1, -0.05) is 66.7 Å². The Balaban J connectivity index is 1.09. The molecule has 0 aliphatic carbocycles. The molecule has 6 nitrogen and oxygen atoms in total. The zero-order valence-corrected chi connectivity index (χ0v) is 20.4. The van der Waals surface area contributed by atoms with Gasteiger partial charge < -0.3 is 0 Å². The molecule has 0 aliphatic heterocycles. The van der Waals surface area contributed by atoms with Gasteiger partial charge in [0.05, 0.1) is 34.1 Å². The van der Waals surface area contributed by atoms with Crippen LogP contribution < -0.4 is 0 Å². The summed E-state index contributed by atoms with van der Waals surface area (Å²) in [7, 11) is 0. The SMILES string of the molecule is c1ccc2cc(/N=N/c3ccc(/N=N/c4ccc(/N=N/c5cccc6ccccc56)cc4)cc3)ccc2c1. The average molecular weight is 491 g/mol. The van der Waals surface area contributed by atoms with E-state index in [9.17, 15) is 0 Å². The van der Waals surface area contributed by atoms with Crippen molar-refractivity contribution in [3.63, 3.8) is 0 Å². The van der Waals surface area contributed by atoms with Crippen molar-refractivity contribution in [3.05, 3.63) is 133 Å². The van der Waals surface area contributed by atoms with Gasteiger partial charge in [-0.15, -0.1) is 5.11 Å². The van der Waals surface area contributed by atoms with Crippen molar-refractivity contribution in [2.75, 3.05) is 0 Å². The van der Waals surface area contributed by atoms with E-state index in [2.05, 4.69) is 55.0 Å². The molecule has 0 radical (unpaired) electrons. The molecule has 0 unspecified atom stereocenters. The predicted octanol–water partition coefficient (Wildman–Crippen LogP) is 11.2. The minimum atomic E-state index is 0.731. The van der Waals surface area contributed by atoms with Gasteiger partial charge >= 0.3 is 0 Å². The fourth-order valence-electron chi connectivity index (χ4n) is 4.05. The maximum atomic E-state index is 4.44. The van der Waals surface area contributed by atoms with E-state index >= 15 is 0 Å². The maximum absolute atomic E-state index is 4.44. The van der Waals surface area contributed by atoms with Crippen molar-refractivity contribution < 1.29 is 0 Å². The van der Waals surface area contributed by atoms with Gasteiger partial charge in [0.2, 0.25) is 0 Å². The van der Waals surface area contributed by atoms with Gasteiger partial charge in [-0.25, -0.2) is 0 Å². The molecule has 0 spiro atoms. The zero-order chi connectivity index (χ0) is 25.6. The van der Waals surface area contributed by atoms with Gasteiger partial charge in [0.1, 0.15) is 0 Å². The molecule has 6 heteroatoms. The first-order chi connectivity index (χ1) is 18.8. The molecule has 6 aromatic rings. The third kappa shape index (κ3) is 5.39. The molecule has 0 bridgehead atoms. The Morgan fingerprint density at radius 2 is 0.737 bits per heavy atom. The molecule has 0 saturated heterocycles. The van der Waals surface area contributed by atoms with E-state index in [1.54, 1.807) is 0 Å². The lowest BCUT2D eigenvalue weighted by Crippen LogP contribution is -1.72. The lowest BCUT2D eigenvalue weighted by molar-refractivity contribution is 1.20.